The van der Waals surface area contributed by atoms with Gasteiger partial charge < -0.3 is 32.5 Å². The lowest BCUT2D eigenvalue weighted by atomic mass is 10.0. The highest BCUT2D eigenvalue weighted by Crippen LogP contribution is 2.06. The Morgan fingerprint density at radius 1 is 1.00 bits per heavy atom. The average Bonchev–Trinajstić information content (AvgIpc) is 2.54. The van der Waals surface area contributed by atoms with Gasteiger partial charge in [-0.2, -0.15) is 0 Å². The van der Waals surface area contributed by atoms with E-state index < -0.39 is 48.2 Å². The highest BCUT2D eigenvalue weighted by molar-refractivity contribution is 5.92. The summed E-state index contributed by atoms with van der Waals surface area (Å²) in [6, 6.07) is -2.30. The monoisotopic (exact) mass is 373 g/mol. The van der Waals surface area contributed by atoms with Crippen LogP contribution in [0.15, 0.2) is 0 Å². The second-order valence-electron chi connectivity index (χ2n) is 6.13. The molecule has 2 unspecified atom stereocenters. The van der Waals surface area contributed by atoms with Gasteiger partial charge in [-0.15, -0.1) is 0 Å². The van der Waals surface area contributed by atoms with Crippen LogP contribution in [0.3, 0.4) is 0 Å². The molecule has 0 heterocycles. The van der Waals surface area contributed by atoms with Crippen molar-refractivity contribution >= 4 is 29.6 Å². The van der Waals surface area contributed by atoms with Crippen molar-refractivity contribution < 1.29 is 29.1 Å². The van der Waals surface area contributed by atoms with Crippen LogP contribution in [0.25, 0.3) is 0 Å². The minimum absolute atomic E-state index is 0.0153. The summed E-state index contributed by atoms with van der Waals surface area (Å²) in [5.41, 5.74) is 10.2. The number of primary amides is 1. The van der Waals surface area contributed by atoms with Crippen LogP contribution in [0, 0.1) is 5.92 Å². The predicted molar refractivity (Wildman–Crippen MR) is 91.4 cm³/mol. The molecule has 0 bridgehead atoms. The molecule has 8 N–H and O–H groups in total. The van der Waals surface area contributed by atoms with Crippen LogP contribution in [0.1, 0.15) is 33.1 Å². The van der Waals surface area contributed by atoms with Gasteiger partial charge in [0.2, 0.25) is 23.6 Å². The highest BCUT2D eigenvalue weighted by Gasteiger charge is 2.27. The Morgan fingerprint density at radius 3 is 2.08 bits per heavy atom. The number of amides is 4. The molecule has 148 valence electrons. The summed E-state index contributed by atoms with van der Waals surface area (Å²) in [7, 11) is 0. The zero-order valence-corrected chi connectivity index (χ0v) is 14.9. The third-order valence-corrected chi connectivity index (χ3v) is 3.28. The van der Waals surface area contributed by atoms with E-state index in [9.17, 15) is 29.1 Å². The molecule has 0 saturated heterocycles. The van der Waals surface area contributed by atoms with E-state index >= 15 is 0 Å². The van der Waals surface area contributed by atoms with Crippen molar-refractivity contribution in [1.29, 1.82) is 0 Å². The standard InChI is InChI=1S/C15H27N5O6/c1-8(2)5-10(15(25)26)20-14(24)9(3-4-11(17)21)19-13(23)7-18-12(22)6-16/h8-10H,3-7,16H2,1-2H3,(H2,17,21)(H,18,22)(H,19,23)(H,20,24)(H,25,26). The molecule has 11 nitrogen and oxygen atoms in total. The van der Waals surface area contributed by atoms with Gasteiger partial charge in [-0.25, -0.2) is 4.79 Å². The molecule has 0 aromatic carbocycles. The van der Waals surface area contributed by atoms with E-state index in [0.717, 1.165) is 0 Å². The van der Waals surface area contributed by atoms with Crippen LogP contribution >= 0.6 is 0 Å². The van der Waals surface area contributed by atoms with Gasteiger partial charge in [-0.05, 0) is 18.8 Å². The van der Waals surface area contributed by atoms with Crippen molar-refractivity contribution in [3.63, 3.8) is 0 Å². The molecule has 4 amide bonds. The van der Waals surface area contributed by atoms with Crippen LogP contribution in [-0.2, 0) is 24.0 Å². The van der Waals surface area contributed by atoms with Gasteiger partial charge in [-0.3, -0.25) is 19.2 Å². The number of hydrogen-bond donors (Lipinski definition) is 6. The van der Waals surface area contributed by atoms with E-state index in [4.69, 9.17) is 11.5 Å². The lowest BCUT2D eigenvalue weighted by molar-refractivity contribution is -0.142. The Hall–Kier alpha value is -2.69. The predicted octanol–water partition coefficient (Wildman–Crippen LogP) is -2.57. The molecule has 2 atom stereocenters. The van der Waals surface area contributed by atoms with Gasteiger partial charge >= 0.3 is 5.97 Å². The quantitative estimate of drug-likeness (QED) is 0.216. The van der Waals surface area contributed by atoms with Crippen molar-refractivity contribution in [3.8, 4) is 0 Å². The van der Waals surface area contributed by atoms with Crippen molar-refractivity contribution in [2.45, 2.75) is 45.2 Å². The topological polar surface area (TPSA) is 194 Å². The maximum Gasteiger partial charge on any atom is 0.326 e. The highest BCUT2D eigenvalue weighted by atomic mass is 16.4. The molecule has 0 aromatic heterocycles. The summed E-state index contributed by atoms with van der Waals surface area (Å²) in [6.45, 7) is 2.89. The normalized spacial score (nSPS) is 12.8. The molecule has 0 spiro atoms. The third-order valence-electron chi connectivity index (χ3n) is 3.28. The molecule has 0 aromatic rings. The van der Waals surface area contributed by atoms with E-state index in [1.165, 1.54) is 0 Å². The van der Waals surface area contributed by atoms with E-state index in [-0.39, 0.29) is 31.7 Å². The second-order valence-corrected chi connectivity index (χ2v) is 6.13. The van der Waals surface area contributed by atoms with Gasteiger partial charge in [0.15, 0.2) is 0 Å². The van der Waals surface area contributed by atoms with Gasteiger partial charge in [0.25, 0.3) is 0 Å². The molecule has 0 aliphatic carbocycles. The molecule has 0 radical (unpaired) electrons. The van der Waals surface area contributed by atoms with E-state index in [0.29, 0.717) is 0 Å². The first-order valence-corrected chi connectivity index (χ1v) is 8.14. The molecule has 0 aliphatic heterocycles. The first-order chi connectivity index (χ1) is 12.1. The number of nitrogens with two attached hydrogens (primary N) is 2. The summed E-state index contributed by atoms with van der Waals surface area (Å²) in [5, 5.41) is 16.1. The van der Waals surface area contributed by atoms with Crippen LogP contribution in [-0.4, -0.2) is 59.9 Å². The Morgan fingerprint density at radius 2 is 1.62 bits per heavy atom. The van der Waals surface area contributed by atoms with Gasteiger partial charge in [0.1, 0.15) is 12.1 Å². The number of rotatable bonds is 12. The fourth-order valence-corrected chi connectivity index (χ4v) is 2.02. The average molecular weight is 373 g/mol. The Kier molecular flexibility index (Phi) is 10.6. The molecule has 0 aliphatic rings. The summed E-state index contributed by atoms with van der Waals surface area (Å²) in [6.07, 6.45) is -0.0919. The number of carboxylic acid groups (broad SMARTS) is 1. The number of carboxylic acids is 1. The maximum atomic E-state index is 12.3. The number of carbonyl (C=O) groups is 5. The van der Waals surface area contributed by atoms with Crippen molar-refractivity contribution in [1.82, 2.24) is 16.0 Å². The van der Waals surface area contributed by atoms with Gasteiger partial charge in [0.05, 0.1) is 13.1 Å². The van der Waals surface area contributed by atoms with Crippen molar-refractivity contribution in [2.24, 2.45) is 17.4 Å². The van der Waals surface area contributed by atoms with E-state index in [1.807, 2.05) is 0 Å². The summed E-state index contributed by atoms with van der Waals surface area (Å²) in [4.78, 5) is 57.4. The first-order valence-electron chi connectivity index (χ1n) is 8.14. The first kappa shape index (κ1) is 23.3. The molecular weight excluding hydrogens is 346 g/mol. The number of hydrogen-bond acceptors (Lipinski definition) is 6. The Bertz CT molecular complexity index is 537. The third kappa shape index (κ3) is 10.2. The van der Waals surface area contributed by atoms with Crippen molar-refractivity contribution in [3.05, 3.63) is 0 Å². The number of aliphatic carboxylic acids is 1. The van der Waals surface area contributed by atoms with Crippen molar-refractivity contribution in [2.75, 3.05) is 13.1 Å². The number of nitrogens with one attached hydrogen (secondary N) is 3. The minimum atomic E-state index is -1.21. The van der Waals surface area contributed by atoms with Crippen LogP contribution in [0.4, 0.5) is 0 Å². The smallest absolute Gasteiger partial charge is 0.326 e. The van der Waals surface area contributed by atoms with Crippen LogP contribution in [0.5, 0.6) is 0 Å². The number of carbonyl (C=O) groups excluding carboxylic acids is 4. The SMILES string of the molecule is CC(C)CC(NC(=O)C(CCC(N)=O)NC(=O)CNC(=O)CN)C(=O)O. The molecule has 0 saturated carbocycles. The minimum Gasteiger partial charge on any atom is -0.480 e. The molecule has 26 heavy (non-hydrogen) atoms. The summed E-state index contributed by atoms with van der Waals surface area (Å²) in [5.74, 6) is -3.86. The summed E-state index contributed by atoms with van der Waals surface area (Å²) >= 11 is 0. The van der Waals surface area contributed by atoms with Gasteiger partial charge in [0, 0.05) is 6.42 Å². The van der Waals surface area contributed by atoms with Gasteiger partial charge in [-0.1, -0.05) is 13.8 Å². The molecule has 11 heteroatoms. The largest absolute Gasteiger partial charge is 0.480 e. The molecule has 0 rings (SSSR count). The van der Waals surface area contributed by atoms with Crippen LogP contribution < -0.4 is 27.4 Å². The lowest BCUT2D eigenvalue weighted by Crippen LogP contribution is -2.53. The van der Waals surface area contributed by atoms with Crippen LogP contribution in [0.2, 0.25) is 0 Å². The molecule has 0 fully saturated rings. The summed E-state index contributed by atoms with van der Waals surface area (Å²) < 4.78 is 0. The van der Waals surface area contributed by atoms with E-state index in [1.54, 1.807) is 13.8 Å². The fourth-order valence-electron chi connectivity index (χ4n) is 2.02. The fraction of sp³-hybridized carbons (Fsp3) is 0.667. The second kappa shape index (κ2) is 11.8. The maximum absolute atomic E-state index is 12.3. The zero-order valence-electron chi connectivity index (χ0n) is 14.9. The molecular formula is C15H27N5O6. The van der Waals surface area contributed by atoms with E-state index in [2.05, 4.69) is 16.0 Å². The Labute approximate surface area is 151 Å². The zero-order chi connectivity index (χ0) is 20.3. The lowest BCUT2D eigenvalue weighted by Gasteiger charge is -2.22. The Balaban J connectivity index is 4.94.